The maximum atomic E-state index is 10.2. The van der Waals surface area contributed by atoms with E-state index in [1.165, 1.54) is 25.7 Å². The van der Waals surface area contributed by atoms with Crippen LogP contribution in [-0.2, 0) is 4.79 Å². The van der Waals surface area contributed by atoms with Gasteiger partial charge in [-0.3, -0.25) is 0 Å². The standard InChI is InChI=1S/C17H26O3.K/c18-17(19)14-10-5-3-1-2-4-6-11-15-20-16-12-8-7-9-13-16;/h7-9,12-13H,1-6,10-11,14-15H2,(H,18,19);/q;+1/p-1. The van der Waals surface area contributed by atoms with Crippen molar-refractivity contribution in [2.75, 3.05) is 6.61 Å². The molecule has 112 valence electrons. The van der Waals surface area contributed by atoms with Crippen LogP contribution in [0.1, 0.15) is 57.8 Å². The molecule has 0 atom stereocenters. The Morgan fingerprint density at radius 3 is 1.95 bits per heavy atom. The minimum Gasteiger partial charge on any atom is -0.550 e. The first-order valence-electron chi connectivity index (χ1n) is 7.67. The van der Waals surface area contributed by atoms with E-state index in [1.54, 1.807) is 0 Å². The van der Waals surface area contributed by atoms with Crippen molar-refractivity contribution < 1.29 is 66.0 Å². The predicted octanol–water partition coefficient (Wildman–Crippen LogP) is 0.330. The number of rotatable bonds is 12. The molecule has 1 aromatic carbocycles. The molecule has 0 amide bonds. The molecule has 0 unspecified atom stereocenters. The number of carboxylic acids is 1. The maximum absolute atomic E-state index is 10.2. The van der Waals surface area contributed by atoms with E-state index < -0.39 is 5.97 Å². The fourth-order valence-corrected chi connectivity index (χ4v) is 2.14. The number of carboxylic acid groups (broad SMARTS) is 1. The van der Waals surface area contributed by atoms with E-state index in [4.69, 9.17) is 4.74 Å². The summed E-state index contributed by atoms with van der Waals surface area (Å²) in [6.07, 6.45) is 9.07. The van der Waals surface area contributed by atoms with E-state index in [9.17, 15) is 9.90 Å². The van der Waals surface area contributed by atoms with Gasteiger partial charge in [-0.25, -0.2) is 0 Å². The van der Waals surface area contributed by atoms with Gasteiger partial charge in [-0.15, -0.1) is 0 Å². The van der Waals surface area contributed by atoms with Crippen LogP contribution < -0.4 is 61.2 Å². The zero-order valence-corrected chi connectivity index (χ0v) is 16.3. The summed E-state index contributed by atoms with van der Waals surface area (Å²) in [5, 5.41) is 10.2. The zero-order valence-electron chi connectivity index (χ0n) is 13.2. The van der Waals surface area contributed by atoms with Crippen molar-refractivity contribution in [1.29, 1.82) is 0 Å². The van der Waals surface area contributed by atoms with Crippen molar-refractivity contribution in [3.63, 3.8) is 0 Å². The molecule has 1 aromatic rings. The summed E-state index contributed by atoms with van der Waals surface area (Å²) in [4.78, 5) is 10.2. The molecule has 21 heavy (non-hydrogen) atoms. The molecule has 0 bridgehead atoms. The Labute approximate surface area is 170 Å². The van der Waals surface area contributed by atoms with Crippen LogP contribution in [0.15, 0.2) is 30.3 Å². The van der Waals surface area contributed by atoms with E-state index in [-0.39, 0.29) is 57.8 Å². The monoisotopic (exact) mass is 316 g/mol. The second-order valence-corrected chi connectivity index (χ2v) is 5.11. The number of para-hydroxylation sites is 1. The number of hydrogen-bond acceptors (Lipinski definition) is 3. The third-order valence-electron chi connectivity index (χ3n) is 3.29. The molecule has 0 aliphatic rings. The van der Waals surface area contributed by atoms with Gasteiger partial charge in [0.05, 0.1) is 6.61 Å². The van der Waals surface area contributed by atoms with Crippen molar-refractivity contribution in [2.24, 2.45) is 0 Å². The van der Waals surface area contributed by atoms with Gasteiger partial charge in [0.15, 0.2) is 0 Å². The van der Waals surface area contributed by atoms with Crippen molar-refractivity contribution in [2.45, 2.75) is 57.8 Å². The van der Waals surface area contributed by atoms with Crippen LogP contribution in [0.4, 0.5) is 0 Å². The largest absolute Gasteiger partial charge is 1.00 e. The van der Waals surface area contributed by atoms with Crippen LogP contribution >= 0.6 is 0 Å². The number of benzene rings is 1. The zero-order chi connectivity index (χ0) is 14.5. The van der Waals surface area contributed by atoms with Crippen LogP contribution in [0.5, 0.6) is 5.75 Å². The number of ether oxygens (including phenoxy) is 1. The first-order valence-corrected chi connectivity index (χ1v) is 7.67. The van der Waals surface area contributed by atoms with E-state index in [0.29, 0.717) is 0 Å². The van der Waals surface area contributed by atoms with Crippen molar-refractivity contribution >= 4 is 5.97 Å². The van der Waals surface area contributed by atoms with Gasteiger partial charge in [-0.2, -0.15) is 0 Å². The number of carbonyl (C=O) groups excluding carboxylic acids is 1. The van der Waals surface area contributed by atoms with Crippen molar-refractivity contribution in [1.82, 2.24) is 0 Å². The predicted molar refractivity (Wildman–Crippen MR) is 78.5 cm³/mol. The molecule has 0 heterocycles. The van der Waals surface area contributed by atoms with E-state index in [1.807, 2.05) is 30.3 Å². The summed E-state index contributed by atoms with van der Waals surface area (Å²) >= 11 is 0. The van der Waals surface area contributed by atoms with E-state index >= 15 is 0 Å². The van der Waals surface area contributed by atoms with Crippen LogP contribution in [0.2, 0.25) is 0 Å². The molecule has 0 saturated heterocycles. The van der Waals surface area contributed by atoms with E-state index in [2.05, 4.69) is 0 Å². The molecular formula is C17H25KO3. The molecule has 0 aromatic heterocycles. The van der Waals surface area contributed by atoms with Crippen molar-refractivity contribution in [3.8, 4) is 5.75 Å². The second kappa shape index (κ2) is 15.0. The van der Waals surface area contributed by atoms with Crippen LogP contribution in [0.25, 0.3) is 0 Å². The topological polar surface area (TPSA) is 49.4 Å². The van der Waals surface area contributed by atoms with Gasteiger partial charge in [-0.05, 0) is 31.4 Å². The van der Waals surface area contributed by atoms with Gasteiger partial charge in [0.25, 0.3) is 0 Å². The molecule has 0 aliphatic carbocycles. The van der Waals surface area contributed by atoms with Crippen LogP contribution in [0, 0.1) is 0 Å². The first kappa shape index (κ1) is 21.1. The van der Waals surface area contributed by atoms with Gasteiger partial charge in [0, 0.05) is 5.97 Å². The molecule has 3 nitrogen and oxygen atoms in total. The number of unbranched alkanes of at least 4 members (excludes halogenated alkanes) is 7. The minimum absolute atomic E-state index is 0. The summed E-state index contributed by atoms with van der Waals surface area (Å²) in [6.45, 7) is 0.787. The van der Waals surface area contributed by atoms with Gasteiger partial charge in [-0.1, -0.05) is 56.7 Å². The summed E-state index contributed by atoms with van der Waals surface area (Å²) in [5.74, 6) is 0.0174. The van der Waals surface area contributed by atoms with Gasteiger partial charge >= 0.3 is 51.4 Å². The van der Waals surface area contributed by atoms with Gasteiger partial charge in [0.2, 0.25) is 0 Å². The Kier molecular flexibility index (Phi) is 15.1. The molecule has 0 radical (unpaired) electrons. The molecule has 0 saturated carbocycles. The van der Waals surface area contributed by atoms with E-state index in [0.717, 1.165) is 38.0 Å². The molecule has 0 N–H and O–H groups in total. The SMILES string of the molecule is O=C([O-])CCCCCCCCCCOc1ccccc1.[K+]. The fraction of sp³-hybridized carbons (Fsp3) is 0.588. The quantitative estimate of drug-likeness (QED) is 0.412. The Morgan fingerprint density at radius 1 is 0.857 bits per heavy atom. The minimum atomic E-state index is -0.927. The Morgan fingerprint density at radius 2 is 1.38 bits per heavy atom. The summed E-state index contributed by atoms with van der Waals surface area (Å²) in [5.41, 5.74) is 0. The summed E-state index contributed by atoms with van der Waals surface area (Å²) < 4.78 is 5.63. The maximum Gasteiger partial charge on any atom is 1.00 e. The fourth-order valence-electron chi connectivity index (χ4n) is 2.14. The molecule has 0 fully saturated rings. The van der Waals surface area contributed by atoms with Gasteiger partial charge in [0.1, 0.15) is 5.75 Å². The summed E-state index contributed by atoms with van der Waals surface area (Å²) in [7, 11) is 0. The first-order chi connectivity index (χ1) is 9.79. The second-order valence-electron chi connectivity index (χ2n) is 5.11. The Balaban J connectivity index is 0.00000400. The Hall–Kier alpha value is 0.126. The average Bonchev–Trinajstić information content (AvgIpc) is 2.45. The van der Waals surface area contributed by atoms with Crippen LogP contribution in [-0.4, -0.2) is 12.6 Å². The van der Waals surface area contributed by atoms with Crippen molar-refractivity contribution in [3.05, 3.63) is 30.3 Å². The number of hydrogen-bond donors (Lipinski definition) is 0. The third kappa shape index (κ3) is 13.5. The molecule has 0 spiro atoms. The van der Waals surface area contributed by atoms with Gasteiger partial charge < -0.3 is 14.6 Å². The Bertz CT molecular complexity index is 354. The third-order valence-corrected chi connectivity index (χ3v) is 3.29. The molecular weight excluding hydrogens is 291 g/mol. The molecule has 1 rings (SSSR count). The average molecular weight is 316 g/mol. The number of aliphatic carboxylic acids is 1. The smallest absolute Gasteiger partial charge is 0.550 e. The normalized spacial score (nSPS) is 9.90. The van der Waals surface area contributed by atoms with Crippen LogP contribution in [0.3, 0.4) is 0 Å². The number of carbonyl (C=O) groups is 1. The molecule has 4 heteroatoms. The molecule has 0 aliphatic heterocycles. The summed E-state index contributed by atoms with van der Waals surface area (Å²) in [6, 6.07) is 9.91.